The molecule has 0 fully saturated rings. The molecule has 0 saturated heterocycles. The van der Waals surface area contributed by atoms with Gasteiger partial charge in [-0.15, -0.1) is 0 Å². The van der Waals surface area contributed by atoms with E-state index in [1.54, 1.807) is 0 Å². The predicted octanol–water partition coefficient (Wildman–Crippen LogP) is 13.5. The Morgan fingerprint density at radius 1 is 0.627 bits per heavy atom. The van der Waals surface area contributed by atoms with Crippen molar-refractivity contribution < 1.29 is 8.83 Å². The van der Waals surface area contributed by atoms with E-state index >= 15 is 0 Å². The average Bonchev–Trinajstić information content (AvgIpc) is 3.76. The molecule has 9 rings (SSSR count). The van der Waals surface area contributed by atoms with Gasteiger partial charge in [0.2, 0.25) is 0 Å². The normalized spacial score (nSPS) is 13.8. The molecule has 2 aromatic heterocycles. The Labute approximate surface area is 296 Å². The number of benzene rings is 6. The minimum absolute atomic E-state index is 0.801. The van der Waals surface area contributed by atoms with Crippen LogP contribution in [0.25, 0.3) is 71.7 Å². The van der Waals surface area contributed by atoms with Crippen molar-refractivity contribution in [1.82, 2.24) is 0 Å². The van der Waals surface area contributed by atoms with E-state index in [-0.39, 0.29) is 0 Å². The van der Waals surface area contributed by atoms with Crippen LogP contribution < -0.4 is 0 Å². The zero-order valence-electron chi connectivity index (χ0n) is 28.4. The molecule has 0 radical (unpaired) electrons. The fourth-order valence-electron chi connectivity index (χ4n) is 7.30. The smallest absolute Gasteiger partial charge is 0.147 e. The van der Waals surface area contributed by atoms with Crippen LogP contribution >= 0.6 is 0 Å². The van der Waals surface area contributed by atoms with E-state index in [4.69, 9.17) is 13.8 Å². The summed E-state index contributed by atoms with van der Waals surface area (Å²) in [5.41, 5.74) is 13.3. The Hall–Kier alpha value is -6.45. The molecule has 0 unspecified atom stereocenters. The van der Waals surface area contributed by atoms with Crippen LogP contribution in [-0.4, -0.2) is 5.71 Å². The highest BCUT2D eigenvalue weighted by molar-refractivity contribution is 6.24. The van der Waals surface area contributed by atoms with Crippen molar-refractivity contribution in [3.8, 4) is 22.3 Å². The lowest BCUT2D eigenvalue weighted by Gasteiger charge is -2.11. The van der Waals surface area contributed by atoms with Crippen LogP contribution in [-0.2, 0) is 0 Å². The predicted molar refractivity (Wildman–Crippen MR) is 214 cm³/mol. The highest BCUT2D eigenvalue weighted by Gasteiger charge is 2.23. The number of hydrogen-bond donors (Lipinski definition) is 0. The van der Waals surface area contributed by atoms with Crippen molar-refractivity contribution in [2.75, 3.05) is 0 Å². The highest BCUT2D eigenvalue weighted by atomic mass is 16.3. The average molecular weight is 658 g/mol. The maximum absolute atomic E-state index is 6.98. The van der Waals surface area contributed by atoms with E-state index in [0.717, 1.165) is 113 Å². The summed E-state index contributed by atoms with van der Waals surface area (Å²) in [6.45, 7) is 6.46. The molecule has 2 heterocycles. The standard InChI is InChI=1S/C48H35NO2/c1-31(33-17-7-3-8-18-33)29-43(35-21-11-5-12-22-35)49-32(2)37-25-15-27-39-41-30-42-40-28-16-26-38(34-19-9-4-10-20-34)46(40)51-48(42)44(47(41)50-45(37)39)36-23-13-6-14-24-36/h3-4,6-11,13-30H,1,5,12H2,2H3/b43-29-,49-32?. The number of allylic oxidation sites excluding steroid dienone is 5. The van der Waals surface area contributed by atoms with Crippen molar-refractivity contribution in [1.29, 1.82) is 0 Å². The Kier molecular flexibility index (Phi) is 7.67. The van der Waals surface area contributed by atoms with E-state index < -0.39 is 0 Å². The second-order valence-electron chi connectivity index (χ2n) is 13.1. The first-order valence-electron chi connectivity index (χ1n) is 17.5. The molecule has 1 aliphatic rings. The topological polar surface area (TPSA) is 38.6 Å². The van der Waals surface area contributed by atoms with Gasteiger partial charge in [0.25, 0.3) is 0 Å². The lowest BCUT2D eigenvalue weighted by molar-refractivity contribution is 0.658. The Bertz CT molecular complexity index is 2740. The second kappa shape index (κ2) is 12.8. The van der Waals surface area contributed by atoms with Gasteiger partial charge in [0.15, 0.2) is 0 Å². The summed E-state index contributed by atoms with van der Waals surface area (Å²) in [4.78, 5) is 5.28. The second-order valence-corrected chi connectivity index (χ2v) is 13.1. The molecule has 1 aliphatic carbocycles. The molecule has 0 saturated carbocycles. The molecule has 51 heavy (non-hydrogen) atoms. The van der Waals surface area contributed by atoms with Crippen LogP contribution in [0.5, 0.6) is 0 Å². The summed E-state index contributed by atoms with van der Waals surface area (Å²) in [5, 5.41) is 4.23. The number of furan rings is 2. The zero-order valence-corrected chi connectivity index (χ0v) is 28.4. The van der Waals surface area contributed by atoms with E-state index in [2.05, 4.69) is 141 Å². The van der Waals surface area contributed by atoms with Crippen molar-refractivity contribution in [3.05, 3.63) is 187 Å². The molecule has 0 bridgehead atoms. The lowest BCUT2D eigenvalue weighted by Crippen LogP contribution is -1.99. The molecule has 8 aromatic rings. The first kappa shape index (κ1) is 30.6. The molecule has 3 nitrogen and oxygen atoms in total. The molecule has 0 spiro atoms. The van der Waals surface area contributed by atoms with Crippen LogP contribution in [0.1, 0.15) is 30.9 Å². The first-order chi connectivity index (χ1) is 25.1. The molecule has 0 amide bonds. The van der Waals surface area contributed by atoms with Crippen LogP contribution in [0.2, 0.25) is 0 Å². The number of rotatable bonds is 7. The van der Waals surface area contributed by atoms with Crippen LogP contribution in [0, 0.1) is 0 Å². The maximum Gasteiger partial charge on any atom is 0.147 e. The summed E-state index contributed by atoms with van der Waals surface area (Å²) in [7, 11) is 0. The molecule has 244 valence electrons. The van der Waals surface area contributed by atoms with Gasteiger partial charge in [-0.1, -0.05) is 146 Å². The monoisotopic (exact) mass is 657 g/mol. The summed E-state index contributed by atoms with van der Waals surface area (Å²) in [5.74, 6) is 0. The number of fused-ring (bicyclic) bond motifs is 6. The van der Waals surface area contributed by atoms with E-state index in [9.17, 15) is 0 Å². The lowest BCUT2D eigenvalue weighted by atomic mass is 9.97. The number of para-hydroxylation sites is 2. The van der Waals surface area contributed by atoms with Gasteiger partial charge in [-0.2, -0.15) is 0 Å². The maximum atomic E-state index is 6.98. The minimum Gasteiger partial charge on any atom is -0.455 e. The molecule has 3 heteroatoms. The number of aliphatic imine (C=N–C) groups is 1. The van der Waals surface area contributed by atoms with Gasteiger partial charge in [0.05, 0.1) is 11.3 Å². The van der Waals surface area contributed by atoms with Gasteiger partial charge in [0.1, 0.15) is 22.3 Å². The molecular weight excluding hydrogens is 623 g/mol. The third-order valence-electron chi connectivity index (χ3n) is 9.82. The van der Waals surface area contributed by atoms with E-state index in [1.807, 2.05) is 30.3 Å². The third-order valence-corrected chi connectivity index (χ3v) is 9.82. The van der Waals surface area contributed by atoms with Gasteiger partial charge in [-0.25, -0.2) is 0 Å². The summed E-state index contributed by atoms with van der Waals surface area (Å²) in [6, 6.07) is 46.1. The fourth-order valence-corrected chi connectivity index (χ4v) is 7.30. The summed E-state index contributed by atoms with van der Waals surface area (Å²) >= 11 is 0. The highest BCUT2D eigenvalue weighted by Crippen LogP contribution is 2.46. The minimum atomic E-state index is 0.801. The van der Waals surface area contributed by atoms with E-state index in [0.29, 0.717) is 0 Å². The SMILES string of the molecule is C=C(/C=C(\N=C(C)c1cccc2c1oc1c(-c3ccccc3)c3oc4c(-c5ccccc5)cccc4c3cc12)C1=CCCC=C1)c1ccccc1. The van der Waals surface area contributed by atoms with Gasteiger partial charge in [0, 0.05) is 38.4 Å². The largest absolute Gasteiger partial charge is 0.455 e. The van der Waals surface area contributed by atoms with Crippen molar-refractivity contribution >= 4 is 55.2 Å². The molecule has 0 aliphatic heterocycles. The van der Waals surface area contributed by atoms with Gasteiger partial charge < -0.3 is 8.83 Å². The van der Waals surface area contributed by atoms with Gasteiger partial charge in [-0.3, -0.25) is 4.99 Å². The number of nitrogens with zero attached hydrogens (tertiary/aromatic N) is 1. The van der Waals surface area contributed by atoms with Crippen molar-refractivity contribution in [3.63, 3.8) is 0 Å². The van der Waals surface area contributed by atoms with Crippen LogP contribution in [0.3, 0.4) is 0 Å². The first-order valence-corrected chi connectivity index (χ1v) is 17.5. The quantitative estimate of drug-likeness (QED) is 0.126. The van der Waals surface area contributed by atoms with Crippen molar-refractivity contribution in [2.45, 2.75) is 19.8 Å². The van der Waals surface area contributed by atoms with E-state index in [1.165, 1.54) is 0 Å². The summed E-state index contributed by atoms with van der Waals surface area (Å²) < 4.78 is 13.9. The summed E-state index contributed by atoms with van der Waals surface area (Å²) in [6.07, 6.45) is 10.8. The zero-order chi connectivity index (χ0) is 34.3. The Morgan fingerprint density at radius 2 is 1.25 bits per heavy atom. The number of hydrogen-bond acceptors (Lipinski definition) is 3. The third kappa shape index (κ3) is 5.44. The molecule has 0 atom stereocenters. The van der Waals surface area contributed by atoms with Crippen molar-refractivity contribution in [2.24, 2.45) is 4.99 Å². The van der Waals surface area contributed by atoms with Crippen LogP contribution in [0.4, 0.5) is 0 Å². The molecule has 0 N–H and O–H groups in total. The van der Waals surface area contributed by atoms with Gasteiger partial charge >= 0.3 is 0 Å². The molecular formula is C48H35NO2. The Balaban J connectivity index is 1.27. The Morgan fingerprint density at radius 3 is 1.94 bits per heavy atom. The van der Waals surface area contributed by atoms with Gasteiger partial charge in [-0.05, 0) is 65.8 Å². The molecule has 6 aromatic carbocycles. The fraction of sp³-hybridized carbons (Fsp3) is 0.0625. The van der Waals surface area contributed by atoms with Crippen LogP contribution in [0.15, 0.2) is 189 Å².